The van der Waals surface area contributed by atoms with Gasteiger partial charge in [-0.15, -0.1) is 0 Å². The molecule has 1 N–H and O–H groups in total. The van der Waals surface area contributed by atoms with Crippen LogP contribution in [-0.2, 0) is 5.41 Å². The predicted octanol–water partition coefficient (Wildman–Crippen LogP) is 2.15. The maximum Gasteiger partial charge on any atom is 0.180 e. The Labute approximate surface area is 108 Å². The van der Waals surface area contributed by atoms with E-state index in [9.17, 15) is 4.79 Å². The van der Waals surface area contributed by atoms with E-state index in [1.165, 1.54) is 0 Å². The van der Waals surface area contributed by atoms with E-state index in [0.29, 0.717) is 5.92 Å². The minimum absolute atomic E-state index is 0.0235. The molecular weight excluding hydrogens is 226 g/mol. The highest BCUT2D eigenvalue weighted by molar-refractivity contribution is 6.03. The summed E-state index contributed by atoms with van der Waals surface area (Å²) in [6.07, 6.45) is 1.07. The molecule has 0 amide bonds. The third-order valence-corrected chi connectivity index (χ3v) is 4.90. The van der Waals surface area contributed by atoms with Crippen molar-refractivity contribution in [3.8, 4) is 5.75 Å². The van der Waals surface area contributed by atoms with Gasteiger partial charge >= 0.3 is 0 Å². The normalized spacial score (nSPS) is 34.1. The molecule has 1 aromatic rings. The number of ketones is 1. The van der Waals surface area contributed by atoms with Crippen molar-refractivity contribution in [1.29, 1.82) is 0 Å². The number of fused-ring (bicyclic) bond motifs is 4. The summed E-state index contributed by atoms with van der Waals surface area (Å²) >= 11 is 0. The highest BCUT2D eigenvalue weighted by Crippen LogP contribution is 2.46. The average Bonchev–Trinajstić information content (AvgIpc) is 2.39. The molecule has 1 saturated heterocycles. The maximum atomic E-state index is 12.5. The molecule has 3 rings (SSSR count). The topological polar surface area (TPSA) is 38.3 Å². The second-order valence-corrected chi connectivity index (χ2v) is 5.66. The second kappa shape index (κ2) is 3.82. The molecular formula is C15H19NO2. The van der Waals surface area contributed by atoms with E-state index in [1.807, 2.05) is 18.2 Å². The molecule has 96 valence electrons. The first-order valence-electron chi connectivity index (χ1n) is 6.54. The Morgan fingerprint density at radius 1 is 1.44 bits per heavy atom. The van der Waals surface area contributed by atoms with Crippen LogP contribution < -0.4 is 10.1 Å². The molecule has 0 spiro atoms. The summed E-state index contributed by atoms with van der Waals surface area (Å²) in [6.45, 7) is 5.36. The number of hydrogen-bond acceptors (Lipinski definition) is 3. The van der Waals surface area contributed by atoms with E-state index in [4.69, 9.17) is 4.74 Å². The number of benzene rings is 1. The first-order chi connectivity index (χ1) is 8.58. The van der Waals surface area contributed by atoms with E-state index in [-0.39, 0.29) is 17.2 Å². The third kappa shape index (κ3) is 1.37. The number of nitrogens with one attached hydrogen (secondary N) is 1. The highest BCUT2D eigenvalue weighted by atomic mass is 16.5. The van der Waals surface area contributed by atoms with Gasteiger partial charge < -0.3 is 10.1 Å². The molecule has 0 saturated carbocycles. The first kappa shape index (κ1) is 11.7. The van der Waals surface area contributed by atoms with Crippen molar-refractivity contribution < 1.29 is 9.53 Å². The van der Waals surface area contributed by atoms with Gasteiger partial charge in [0, 0.05) is 5.56 Å². The fourth-order valence-electron chi connectivity index (χ4n) is 3.46. The summed E-state index contributed by atoms with van der Waals surface area (Å²) in [6, 6.07) is 5.82. The van der Waals surface area contributed by atoms with Gasteiger partial charge in [-0.2, -0.15) is 0 Å². The number of piperidine rings is 1. The van der Waals surface area contributed by atoms with Crippen LogP contribution in [0.3, 0.4) is 0 Å². The molecule has 0 unspecified atom stereocenters. The van der Waals surface area contributed by atoms with E-state index < -0.39 is 0 Å². The van der Waals surface area contributed by atoms with Gasteiger partial charge in [-0.1, -0.05) is 13.8 Å². The Balaban J connectivity index is 2.22. The van der Waals surface area contributed by atoms with Crippen LogP contribution in [0.5, 0.6) is 5.75 Å². The zero-order valence-corrected chi connectivity index (χ0v) is 11.1. The standard InChI is InChI=1S/C15H19NO2/c1-9-13-14(17)11-5-4-10(18-3)8-12(11)15(9,2)6-7-16-13/h4-5,8-9,13,16H,6-7H2,1-3H3/t9-,13-,15+/m0/s1. The fourth-order valence-corrected chi connectivity index (χ4v) is 3.46. The fraction of sp³-hybridized carbons (Fsp3) is 0.533. The minimum Gasteiger partial charge on any atom is -0.497 e. The van der Waals surface area contributed by atoms with Crippen LogP contribution >= 0.6 is 0 Å². The Bertz CT molecular complexity index is 511. The van der Waals surface area contributed by atoms with Crippen LogP contribution in [0, 0.1) is 5.92 Å². The zero-order chi connectivity index (χ0) is 12.9. The molecule has 1 heterocycles. The van der Waals surface area contributed by atoms with E-state index in [1.54, 1.807) is 7.11 Å². The van der Waals surface area contributed by atoms with Crippen molar-refractivity contribution >= 4 is 5.78 Å². The van der Waals surface area contributed by atoms with Crippen LogP contribution in [0.1, 0.15) is 36.2 Å². The van der Waals surface area contributed by atoms with E-state index in [0.717, 1.165) is 29.8 Å². The highest BCUT2D eigenvalue weighted by Gasteiger charge is 2.49. The summed E-state index contributed by atoms with van der Waals surface area (Å²) < 4.78 is 5.31. The van der Waals surface area contributed by atoms with Crippen LogP contribution in [0.2, 0.25) is 0 Å². The number of rotatable bonds is 1. The lowest BCUT2D eigenvalue weighted by Gasteiger charge is -2.49. The second-order valence-electron chi connectivity index (χ2n) is 5.66. The summed E-state index contributed by atoms with van der Waals surface area (Å²) in [5.41, 5.74) is 2.11. The molecule has 2 aliphatic rings. The number of Topliss-reactive ketones (excluding diaryl/α,β-unsaturated/α-hetero) is 1. The number of hydrogen-bond donors (Lipinski definition) is 1. The lowest BCUT2D eigenvalue weighted by molar-refractivity contribution is 0.0766. The Morgan fingerprint density at radius 2 is 2.22 bits per heavy atom. The largest absolute Gasteiger partial charge is 0.497 e. The van der Waals surface area contributed by atoms with Crippen molar-refractivity contribution in [2.75, 3.05) is 13.7 Å². The summed E-state index contributed by atoms with van der Waals surface area (Å²) in [7, 11) is 1.67. The average molecular weight is 245 g/mol. The molecule has 3 heteroatoms. The molecule has 3 atom stereocenters. The summed E-state index contributed by atoms with van der Waals surface area (Å²) in [4.78, 5) is 12.5. The van der Waals surface area contributed by atoms with Gasteiger partial charge in [0.25, 0.3) is 0 Å². The Hall–Kier alpha value is -1.35. The van der Waals surface area contributed by atoms with Gasteiger partial charge in [-0.3, -0.25) is 4.79 Å². The monoisotopic (exact) mass is 245 g/mol. The van der Waals surface area contributed by atoms with Crippen molar-refractivity contribution in [1.82, 2.24) is 5.32 Å². The van der Waals surface area contributed by atoms with Gasteiger partial charge in [0.2, 0.25) is 0 Å². The minimum atomic E-state index is -0.0235. The van der Waals surface area contributed by atoms with Crippen LogP contribution in [0.25, 0.3) is 0 Å². The molecule has 1 aliphatic carbocycles. The molecule has 1 aliphatic heterocycles. The van der Waals surface area contributed by atoms with Crippen molar-refractivity contribution in [2.24, 2.45) is 5.92 Å². The molecule has 2 bridgehead atoms. The summed E-state index contributed by atoms with van der Waals surface area (Å²) in [5.74, 6) is 1.41. The molecule has 1 fully saturated rings. The molecule has 0 aromatic heterocycles. The van der Waals surface area contributed by atoms with Crippen LogP contribution in [0.15, 0.2) is 18.2 Å². The number of carbonyl (C=O) groups is 1. The quantitative estimate of drug-likeness (QED) is 0.824. The third-order valence-electron chi connectivity index (χ3n) is 4.90. The first-order valence-corrected chi connectivity index (χ1v) is 6.54. The molecule has 3 nitrogen and oxygen atoms in total. The van der Waals surface area contributed by atoms with E-state index in [2.05, 4.69) is 19.2 Å². The molecule has 18 heavy (non-hydrogen) atoms. The molecule has 1 aromatic carbocycles. The van der Waals surface area contributed by atoms with Crippen molar-refractivity contribution in [2.45, 2.75) is 31.7 Å². The van der Waals surface area contributed by atoms with Crippen LogP contribution in [-0.4, -0.2) is 25.5 Å². The van der Waals surface area contributed by atoms with E-state index >= 15 is 0 Å². The smallest absolute Gasteiger partial charge is 0.180 e. The zero-order valence-electron chi connectivity index (χ0n) is 11.1. The van der Waals surface area contributed by atoms with Crippen molar-refractivity contribution in [3.05, 3.63) is 29.3 Å². The lowest BCUT2D eigenvalue weighted by atomic mass is 9.59. The Kier molecular flexibility index (Phi) is 2.49. The Morgan fingerprint density at radius 3 is 2.94 bits per heavy atom. The van der Waals surface area contributed by atoms with Gasteiger partial charge in [0.15, 0.2) is 5.78 Å². The van der Waals surface area contributed by atoms with Crippen LogP contribution in [0.4, 0.5) is 0 Å². The number of carbonyl (C=O) groups excluding carboxylic acids is 1. The van der Waals surface area contributed by atoms with Gasteiger partial charge in [0.1, 0.15) is 5.75 Å². The summed E-state index contributed by atoms with van der Waals surface area (Å²) in [5, 5.41) is 3.36. The number of ether oxygens (including phenoxy) is 1. The SMILES string of the molecule is COc1ccc2c(c1)[C@]1(C)CCN[C@H](C2=O)[C@@H]1C. The number of methoxy groups -OCH3 is 1. The maximum absolute atomic E-state index is 12.5. The van der Waals surface area contributed by atoms with Gasteiger partial charge in [-0.05, 0) is 48.1 Å². The molecule has 0 radical (unpaired) electrons. The van der Waals surface area contributed by atoms with Gasteiger partial charge in [0.05, 0.1) is 13.2 Å². The lowest BCUT2D eigenvalue weighted by Crippen LogP contribution is -2.59. The predicted molar refractivity (Wildman–Crippen MR) is 70.2 cm³/mol. The van der Waals surface area contributed by atoms with Gasteiger partial charge in [-0.25, -0.2) is 0 Å². The van der Waals surface area contributed by atoms with Crippen molar-refractivity contribution in [3.63, 3.8) is 0 Å².